The van der Waals surface area contributed by atoms with E-state index in [4.69, 9.17) is 14.2 Å². The van der Waals surface area contributed by atoms with Crippen LogP contribution in [0, 0.1) is 0 Å². The van der Waals surface area contributed by atoms with Gasteiger partial charge in [0, 0.05) is 31.0 Å². The van der Waals surface area contributed by atoms with Crippen LogP contribution in [0.1, 0.15) is 18.4 Å². The van der Waals surface area contributed by atoms with Gasteiger partial charge in [-0.2, -0.15) is 0 Å². The van der Waals surface area contributed by atoms with Gasteiger partial charge in [0.1, 0.15) is 17.8 Å². The minimum atomic E-state index is -0.837. The van der Waals surface area contributed by atoms with Crippen molar-refractivity contribution >= 4 is 29.2 Å². The number of ether oxygens (including phenoxy) is 3. The average molecular weight is 572 g/mol. The number of hydrogen-bond acceptors (Lipinski definition) is 7. The number of para-hydroxylation sites is 1. The Hall–Kier alpha value is -4.93. The fourth-order valence-corrected chi connectivity index (χ4v) is 5.76. The van der Waals surface area contributed by atoms with E-state index in [1.165, 1.54) is 0 Å². The lowest BCUT2D eigenvalue weighted by Gasteiger charge is -2.43. The van der Waals surface area contributed by atoms with Crippen molar-refractivity contribution < 1.29 is 28.6 Å². The second-order valence-corrected chi connectivity index (χ2v) is 10.5. The lowest BCUT2D eigenvalue weighted by molar-refractivity contribution is -0.137. The predicted molar refractivity (Wildman–Crippen MR) is 155 cm³/mol. The number of fused-ring (bicyclic) bond motifs is 1. The van der Waals surface area contributed by atoms with Gasteiger partial charge in [0.05, 0.1) is 13.8 Å². The normalized spacial score (nSPS) is 17.0. The summed E-state index contributed by atoms with van der Waals surface area (Å²) >= 11 is 0. The van der Waals surface area contributed by atoms with E-state index in [9.17, 15) is 14.4 Å². The van der Waals surface area contributed by atoms with E-state index in [2.05, 4.69) is 15.5 Å². The number of amides is 4. The summed E-state index contributed by atoms with van der Waals surface area (Å²) in [6.07, 6.45) is 0.901. The van der Waals surface area contributed by atoms with Crippen molar-refractivity contribution in [2.75, 3.05) is 50.4 Å². The summed E-state index contributed by atoms with van der Waals surface area (Å²) in [4.78, 5) is 45.4. The molecule has 0 unspecified atom stereocenters. The Labute approximate surface area is 243 Å². The molecule has 0 aliphatic carbocycles. The van der Waals surface area contributed by atoms with E-state index in [1.807, 2.05) is 48.5 Å². The van der Waals surface area contributed by atoms with E-state index < -0.39 is 5.54 Å². The Morgan fingerprint density at radius 2 is 1.69 bits per heavy atom. The SMILES string of the molecule is COc1ccc(NC(=O)N2CCC3(CC2)C(=O)N(CC(=O)NCc2ccc4c(c2)OCO4)CN3c2ccccc2)cc1. The zero-order valence-corrected chi connectivity index (χ0v) is 23.4. The molecule has 11 heteroatoms. The molecule has 2 N–H and O–H groups in total. The number of piperidine rings is 1. The van der Waals surface area contributed by atoms with Gasteiger partial charge in [-0.3, -0.25) is 9.59 Å². The summed E-state index contributed by atoms with van der Waals surface area (Å²) in [5.41, 5.74) is 1.62. The van der Waals surface area contributed by atoms with Gasteiger partial charge in [0.25, 0.3) is 5.91 Å². The second-order valence-electron chi connectivity index (χ2n) is 10.5. The molecule has 0 bridgehead atoms. The van der Waals surface area contributed by atoms with Crippen molar-refractivity contribution in [3.05, 3.63) is 78.4 Å². The van der Waals surface area contributed by atoms with E-state index in [1.54, 1.807) is 41.2 Å². The summed E-state index contributed by atoms with van der Waals surface area (Å²) in [6, 6.07) is 22.2. The highest BCUT2D eigenvalue weighted by atomic mass is 16.7. The zero-order chi connectivity index (χ0) is 29.1. The van der Waals surface area contributed by atoms with Crippen molar-refractivity contribution in [3.8, 4) is 17.2 Å². The van der Waals surface area contributed by atoms with Gasteiger partial charge in [0.2, 0.25) is 12.7 Å². The van der Waals surface area contributed by atoms with Crippen molar-refractivity contribution in [1.82, 2.24) is 15.1 Å². The molecule has 3 heterocycles. The molecule has 42 heavy (non-hydrogen) atoms. The maximum Gasteiger partial charge on any atom is 0.321 e. The fraction of sp³-hybridized carbons (Fsp3) is 0.323. The molecule has 0 radical (unpaired) electrons. The minimum Gasteiger partial charge on any atom is -0.497 e. The number of hydrogen-bond donors (Lipinski definition) is 2. The number of nitrogens with one attached hydrogen (secondary N) is 2. The van der Waals surface area contributed by atoms with E-state index in [0.717, 1.165) is 11.3 Å². The molecule has 6 rings (SSSR count). The molecular weight excluding hydrogens is 538 g/mol. The molecule has 0 saturated carbocycles. The van der Waals surface area contributed by atoms with Crippen LogP contribution in [0.2, 0.25) is 0 Å². The molecule has 218 valence electrons. The minimum absolute atomic E-state index is 0.0594. The molecule has 0 aromatic heterocycles. The number of likely N-dealkylation sites (tertiary alicyclic amines) is 1. The lowest BCUT2D eigenvalue weighted by atomic mass is 9.85. The smallest absolute Gasteiger partial charge is 0.321 e. The van der Waals surface area contributed by atoms with Crippen LogP contribution in [0.4, 0.5) is 16.2 Å². The highest BCUT2D eigenvalue weighted by Crippen LogP contribution is 2.39. The van der Waals surface area contributed by atoms with E-state index >= 15 is 0 Å². The van der Waals surface area contributed by atoms with Gasteiger partial charge in [-0.15, -0.1) is 0 Å². The Morgan fingerprint density at radius 1 is 0.952 bits per heavy atom. The first-order valence-corrected chi connectivity index (χ1v) is 13.9. The number of carbonyl (C=O) groups excluding carboxylic acids is 3. The monoisotopic (exact) mass is 571 g/mol. The number of methoxy groups -OCH3 is 1. The average Bonchev–Trinajstić information content (AvgIpc) is 3.60. The van der Waals surface area contributed by atoms with E-state index in [0.29, 0.717) is 62.1 Å². The second kappa shape index (κ2) is 11.5. The predicted octanol–water partition coefficient (Wildman–Crippen LogP) is 3.41. The van der Waals surface area contributed by atoms with Crippen molar-refractivity contribution in [1.29, 1.82) is 0 Å². The third-order valence-electron chi connectivity index (χ3n) is 8.06. The Kier molecular flexibility index (Phi) is 7.47. The Balaban J connectivity index is 1.11. The van der Waals surface area contributed by atoms with Gasteiger partial charge in [-0.1, -0.05) is 24.3 Å². The fourth-order valence-electron chi connectivity index (χ4n) is 5.76. The largest absolute Gasteiger partial charge is 0.497 e. The van der Waals surface area contributed by atoms with Crippen LogP contribution in [0.5, 0.6) is 17.2 Å². The molecule has 3 aromatic carbocycles. The van der Waals surface area contributed by atoms with Gasteiger partial charge >= 0.3 is 6.03 Å². The van der Waals surface area contributed by atoms with Crippen molar-refractivity contribution in [3.63, 3.8) is 0 Å². The molecule has 2 fully saturated rings. The lowest BCUT2D eigenvalue weighted by Crippen LogP contribution is -2.58. The number of nitrogens with zero attached hydrogens (tertiary/aromatic N) is 3. The standard InChI is InChI=1S/C31H33N5O6/c1-40-25-10-8-23(9-11-25)33-30(39)34-15-13-31(14-16-34)29(38)35(20-36(31)24-5-3-2-4-6-24)19-28(37)32-18-22-7-12-26-27(17-22)42-21-41-26/h2-12,17H,13-16,18-21H2,1H3,(H,32,37)(H,33,39). The molecule has 3 aromatic rings. The van der Waals surface area contributed by atoms with Gasteiger partial charge in [-0.25, -0.2) is 4.79 Å². The number of urea groups is 1. The molecule has 0 atom stereocenters. The summed E-state index contributed by atoms with van der Waals surface area (Å²) in [5.74, 6) is 1.70. The van der Waals surface area contributed by atoms with Crippen LogP contribution in [0.25, 0.3) is 0 Å². The third-order valence-corrected chi connectivity index (χ3v) is 8.06. The summed E-state index contributed by atoms with van der Waals surface area (Å²) < 4.78 is 16.0. The molecular formula is C31H33N5O6. The highest BCUT2D eigenvalue weighted by Gasteiger charge is 2.54. The topological polar surface area (TPSA) is 113 Å². The molecule has 11 nitrogen and oxygen atoms in total. The number of carbonyl (C=O) groups is 3. The van der Waals surface area contributed by atoms with Crippen molar-refractivity contribution in [2.45, 2.75) is 24.9 Å². The summed E-state index contributed by atoms with van der Waals surface area (Å²) in [7, 11) is 1.59. The van der Waals surface area contributed by atoms with Crippen LogP contribution in [0.15, 0.2) is 72.8 Å². The van der Waals surface area contributed by atoms with Crippen molar-refractivity contribution in [2.24, 2.45) is 0 Å². The highest BCUT2D eigenvalue weighted by molar-refractivity contribution is 5.97. The van der Waals surface area contributed by atoms with Crippen LogP contribution >= 0.6 is 0 Å². The van der Waals surface area contributed by atoms with Crippen LogP contribution in [-0.2, 0) is 16.1 Å². The zero-order valence-electron chi connectivity index (χ0n) is 23.4. The summed E-state index contributed by atoms with van der Waals surface area (Å²) in [5, 5.41) is 5.85. The summed E-state index contributed by atoms with van der Waals surface area (Å²) in [6.45, 7) is 1.53. The molecule has 1 spiro atoms. The molecule has 4 amide bonds. The first-order chi connectivity index (χ1) is 20.4. The van der Waals surface area contributed by atoms with Crippen LogP contribution in [0.3, 0.4) is 0 Å². The van der Waals surface area contributed by atoms with Gasteiger partial charge in [0.15, 0.2) is 11.5 Å². The van der Waals surface area contributed by atoms with Crippen LogP contribution in [-0.4, -0.2) is 73.4 Å². The van der Waals surface area contributed by atoms with Gasteiger partial charge < -0.3 is 39.5 Å². The quantitative estimate of drug-likeness (QED) is 0.447. The van der Waals surface area contributed by atoms with Gasteiger partial charge in [-0.05, 0) is 66.9 Å². The van der Waals surface area contributed by atoms with Crippen LogP contribution < -0.4 is 29.7 Å². The molecule has 2 saturated heterocycles. The number of benzene rings is 3. The number of rotatable bonds is 7. The maximum atomic E-state index is 14.0. The Morgan fingerprint density at radius 3 is 2.43 bits per heavy atom. The molecule has 3 aliphatic heterocycles. The Bertz CT molecular complexity index is 1460. The first kappa shape index (κ1) is 27.3. The van der Waals surface area contributed by atoms with E-state index in [-0.39, 0.29) is 31.2 Å². The maximum absolute atomic E-state index is 14.0. The first-order valence-electron chi connectivity index (χ1n) is 13.9. The number of anilines is 2. The molecule has 3 aliphatic rings. The third kappa shape index (κ3) is 5.37.